The van der Waals surface area contributed by atoms with Crippen molar-refractivity contribution in [3.63, 3.8) is 0 Å². The molecule has 2 unspecified atom stereocenters. The van der Waals surface area contributed by atoms with Gasteiger partial charge in [0.15, 0.2) is 23.3 Å². The molecule has 0 radical (unpaired) electrons. The molecule has 3 N–H and O–H groups in total. The molecular formula is C23H28F4N4O4S. The summed E-state index contributed by atoms with van der Waals surface area (Å²) >= 11 is 0. The first kappa shape index (κ1) is 25.2. The van der Waals surface area contributed by atoms with Crippen molar-refractivity contribution in [2.45, 2.75) is 51.0 Å². The number of benzene rings is 1. The van der Waals surface area contributed by atoms with Gasteiger partial charge in [-0.25, -0.2) is 17.6 Å². The highest BCUT2D eigenvalue weighted by Gasteiger charge is 2.56. The zero-order chi connectivity index (χ0) is 26.0. The first-order valence-corrected chi connectivity index (χ1v) is 13.5. The number of halogens is 4. The highest BCUT2D eigenvalue weighted by molar-refractivity contribution is 7.90. The van der Waals surface area contributed by atoms with Gasteiger partial charge in [0.1, 0.15) is 5.69 Å². The van der Waals surface area contributed by atoms with E-state index >= 15 is 0 Å². The lowest BCUT2D eigenvalue weighted by molar-refractivity contribution is -0.134. The zero-order valence-electron chi connectivity index (χ0n) is 19.5. The minimum atomic E-state index is -4.63. The molecule has 2 atom stereocenters. The SMILES string of the molecule is NC(=O)CC12CC3CC(C1)C(NC(=O)CN1CCCN(c4c(F)c(F)cc(F)c4F)S1(=O)=O)C(C3)C2. The van der Waals surface area contributed by atoms with E-state index < -0.39 is 58.2 Å². The maximum Gasteiger partial charge on any atom is 0.304 e. The molecule has 13 heteroatoms. The van der Waals surface area contributed by atoms with Crippen LogP contribution in [-0.2, 0) is 19.8 Å². The van der Waals surface area contributed by atoms with Crippen LogP contribution in [0.4, 0.5) is 23.2 Å². The van der Waals surface area contributed by atoms with Gasteiger partial charge in [-0.3, -0.25) is 13.9 Å². The van der Waals surface area contributed by atoms with E-state index in [0.29, 0.717) is 12.3 Å². The molecular weight excluding hydrogens is 504 g/mol. The second-order valence-corrected chi connectivity index (χ2v) is 12.6. The van der Waals surface area contributed by atoms with Crippen LogP contribution >= 0.6 is 0 Å². The molecule has 0 spiro atoms. The van der Waals surface area contributed by atoms with Gasteiger partial charge in [0.25, 0.3) is 0 Å². The molecule has 8 nitrogen and oxygen atoms in total. The Balaban J connectivity index is 1.30. The third-order valence-electron chi connectivity index (χ3n) is 8.31. The zero-order valence-corrected chi connectivity index (χ0v) is 20.3. The van der Waals surface area contributed by atoms with Crippen molar-refractivity contribution >= 4 is 27.7 Å². The van der Waals surface area contributed by atoms with Crippen LogP contribution < -0.4 is 15.4 Å². The molecule has 198 valence electrons. The van der Waals surface area contributed by atoms with Gasteiger partial charge < -0.3 is 11.1 Å². The molecule has 1 aliphatic heterocycles. The molecule has 1 aromatic rings. The van der Waals surface area contributed by atoms with E-state index in [-0.39, 0.29) is 52.5 Å². The molecule has 5 fully saturated rings. The second-order valence-electron chi connectivity index (χ2n) is 10.8. The first-order valence-electron chi connectivity index (χ1n) is 12.1. The van der Waals surface area contributed by atoms with E-state index in [4.69, 9.17) is 5.73 Å². The Morgan fingerprint density at radius 1 is 1.03 bits per heavy atom. The molecule has 1 heterocycles. The molecule has 2 amide bonds. The van der Waals surface area contributed by atoms with Crippen molar-refractivity contribution < 1.29 is 35.6 Å². The third-order valence-corrected chi connectivity index (χ3v) is 10.2. The Labute approximate surface area is 206 Å². The third kappa shape index (κ3) is 4.23. The van der Waals surface area contributed by atoms with E-state index in [0.717, 1.165) is 36.4 Å². The van der Waals surface area contributed by atoms with Crippen LogP contribution in [0.3, 0.4) is 0 Å². The number of hydrogen-bond acceptors (Lipinski definition) is 4. The Bertz CT molecular complexity index is 1170. The minimum Gasteiger partial charge on any atom is -0.370 e. The maximum absolute atomic E-state index is 14.3. The number of nitrogens with zero attached hydrogens (tertiary/aromatic N) is 2. The van der Waals surface area contributed by atoms with E-state index in [1.165, 1.54) is 0 Å². The number of hydrogen-bond donors (Lipinski definition) is 2. The Kier molecular flexibility index (Phi) is 6.21. The summed E-state index contributed by atoms with van der Waals surface area (Å²) < 4.78 is 83.4. The Morgan fingerprint density at radius 2 is 1.64 bits per heavy atom. The number of amides is 2. The highest BCUT2D eigenvalue weighted by Crippen LogP contribution is 2.61. The lowest BCUT2D eigenvalue weighted by atomic mass is 9.47. The summed E-state index contributed by atoms with van der Waals surface area (Å²) in [5.74, 6) is -7.17. The standard InChI is InChI=1S/C23H28F4N4O4S/c24-15-6-16(25)20(27)22(19(15)26)31-3-1-2-30(36(31,34)35)11-18(33)29-21-13-4-12-5-14(21)9-23(7-12,8-13)10-17(28)32/h6,12-14,21H,1-5,7-11H2,(H2,28,32)(H,29,33). The molecule has 4 aliphatic carbocycles. The van der Waals surface area contributed by atoms with Gasteiger partial charge in [-0.15, -0.1) is 0 Å². The number of primary amides is 1. The number of anilines is 1. The van der Waals surface area contributed by atoms with Crippen molar-refractivity contribution in [2.24, 2.45) is 28.9 Å². The largest absolute Gasteiger partial charge is 0.370 e. The van der Waals surface area contributed by atoms with Crippen LogP contribution in [0.2, 0.25) is 0 Å². The fourth-order valence-corrected chi connectivity index (χ4v) is 9.00. The van der Waals surface area contributed by atoms with Crippen molar-refractivity contribution in [2.75, 3.05) is 23.9 Å². The van der Waals surface area contributed by atoms with Crippen molar-refractivity contribution in [1.29, 1.82) is 0 Å². The quantitative estimate of drug-likeness (QED) is 0.432. The van der Waals surface area contributed by atoms with Gasteiger partial charge in [0.05, 0.1) is 6.54 Å². The lowest BCUT2D eigenvalue weighted by Gasteiger charge is -2.60. The number of rotatable bonds is 6. The first-order chi connectivity index (χ1) is 16.9. The normalized spacial score (nSPS) is 33.1. The summed E-state index contributed by atoms with van der Waals surface area (Å²) in [6.07, 6.45) is 4.76. The van der Waals surface area contributed by atoms with Gasteiger partial charge in [0.2, 0.25) is 11.8 Å². The van der Waals surface area contributed by atoms with Gasteiger partial charge in [-0.1, -0.05) is 0 Å². The highest BCUT2D eigenvalue weighted by atomic mass is 32.2. The molecule has 0 aromatic heterocycles. The van der Waals surface area contributed by atoms with Crippen LogP contribution in [0.15, 0.2) is 6.07 Å². The molecule has 5 aliphatic rings. The smallest absolute Gasteiger partial charge is 0.304 e. The summed E-state index contributed by atoms with van der Waals surface area (Å²) in [5.41, 5.74) is 4.02. The Hall–Kier alpha value is -2.41. The van der Waals surface area contributed by atoms with Gasteiger partial charge in [-0.2, -0.15) is 12.7 Å². The molecule has 1 saturated heterocycles. The van der Waals surface area contributed by atoms with E-state index in [9.17, 15) is 35.6 Å². The summed E-state index contributed by atoms with van der Waals surface area (Å²) in [5, 5.41) is 2.97. The average molecular weight is 533 g/mol. The molecule has 4 saturated carbocycles. The topological polar surface area (TPSA) is 113 Å². The molecule has 1 aromatic carbocycles. The minimum absolute atomic E-state index is 0.00844. The predicted octanol–water partition coefficient (Wildman–Crippen LogP) is 2.19. The van der Waals surface area contributed by atoms with E-state index in [1.54, 1.807) is 0 Å². The summed E-state index contributed by atoms with van der Waals surface area (Å²) in [6, 6.07) is -0.153. The van der Waals surface area contributed by atoms with Gasteiger partial charge >= 0.3 is 10.2 Å². The van der Waals surface area contributed by atoms with Gasteiger partial charge in [0, 0.05) is 31.6 Å². The monoisotopic (exact) mass is 532 g/mol. The molecule has 6 rings (SSSR count). The van der Waals surface area contributed by atoms with E-state index in [1.807, 2.05) is 0 Å². The second kappa shape index (κ2) is 8.86. The number of nitrogens with one attached hydrogen (secondary N) is 1. The van der Waals surface area contributed by atoms with Crippen molar-refractivity contribution in [3.8, 4) is 0 Å². The van der Waals surface area contributed by atoms with Crippen LogP contribution in [0.25, 0.3) is 0 Å². The number of carbonyl (C=O) groups is 2. The van der Waals surface area contributed by atoms with Crippen LogP contribution in [0.5, 0.6) is 0 Å². The molecule has 4 bridgehead atoms. The fraction of sp³-hybridized carbons (Fsp3) is 0.652. The predicted molar refractivity (Wildman–Crippen MR) is 120 cm³/mol. The maximum atomic E-state index is 14.3. The number of nitrogens with two attached hydrogens (primary N) is 1. The molecule has 36 heavy (non-hydrogen) atoms. The van der Waals surface area contributed by atoms with Gasteiger partial charge in [-0.05, 0) is 61.7 Å². The lowest BCUT2D eigenvalue weighted by Crippen LogP contribution is -2.61. The summed E-state index contributed by atoms with van der Waals surface area (Å²) in [6.45, 7) is -1.08. The average Bonchev–Trinajstić information content (AvgIpc) is 2.76. The summed E-state index contributed by atoms with van der Waals surface area (Å²) in [4.78, 5) is 24.6. The van der Waals surface area contributed by atoms with Crippen molar-refractivity contribution in [3.05, 3.63) is 29.3 Å². The van der Waals surface area contributed by atoms with Crippen molar-refractivity contribution in [1.82, 2.24) is 9.62 Å². The van der Waals surface area contributed by atoms with Crippen LogP contribution in [0, 0.1) is 46.4 Å². The fourth-order valence-electron chi connectivity index (χ4n) is 7.33. The van der Waals surface area contributed by atoms with Crippen LogP contribution in [-0.4, -0.2) is 50.2 Å². The Morgan fingerprint density at radius 3 is 2.22 bits per heavy atom. The summed E-state index contributed by atoms with van der Waals surface area (Å²) in [7, 11) is -4.63. The number of carbonyl (C=O) groups excluding carboxylic acids is 2. The van der Waals surface area contributed by atoms with Crippen LogP contribution in [0.1, 0.15) is 44.9 Å². The van der Waals surface area contributed by atoms with E-state index in [2.05, 4.69) is 5.32 Å².